The van der Waals surface area contributed by atoms with E-state index in [0.717, 1.165) is 19.4 Å². The number of carbonyl (C=O) groups is 1. The van der Waals surface area contributed by atoms with Crippen LogP contribution >= 0.6 is 11.3 Å². The van der Waals surface area contributed by atoms with Gasteiger partial charge < -0.3 is 14.4 Å². The third-order valence-electron chi connectivity index (χ3n) is 6.56. The summed E-state index contributed by atoms with van der Waals surface area (Å²) < 4.78 is 38.3. The molecule has 3 heterocycles. The summed E-state index contributed by atoms with van der Waals surface area (Å²) in [6.45, 7) is 3.54. The highest BCUT2D eigenvalue weighted by Crippen LogP contribution is 2.37. The topological polar surface area (TPSA) is 76.2 Å². The van der Waals surface area contributed by atoms with Gasteiger partial charge in [0.2, 0.25) is 15.9 Å². The van der Waals surface area contributed by atoms with Gasteiger partial charge in [-0.3, -0.25) is 4.79 Å². The largest absolute Gasteiger partial charge is 0.493 e. The molecule has 2 aliphatic heterocycles. The van der Waals surface area contributed by atoms with Crippen LogP contribution in [0.5, 0.6) is 11.5 Å². The molecule has 2 aromatic rings. The van der Waals surface area contributed by atoms with Crippen LogP contribution in [0.4, 0.5) is 0 Å². The molecule has 1 fully saturated rings. The number of thiophene rings is 1. The Morgan fingerprint density at radius 1 is 1.09 bits per heavy atom. The minimum atomic E-state index is -3.67. The zero-order valence-corrected chi connectivity index (χ0v) is 20.4. The maximum Gasteiger partial charge on any atom is 0.243 e. The third-order valence-corrected chi connectivity index (χ3v) is 9.45. The average molecular weight is 479 g/mol. The first-order valence-corrected chi connectivity index (χ1v) is 13.3. The molecule has 1 atom stereocenters. The number of hydrogen-bond acceptors (Lipinski definition) is 6. The monoisotopic (exact) mass is 478 g/mol. The van der Waals surface area contributed by atoms with Crippen molar-refractivity contribution in [3.8, 4) is 11.5 Å². The van der Waals surface area contributed by atoms with Crippen molar-refractivity contribution < 1.29 is 22.7 Å². The van der Waals surface area contributed by atoms with E-state index in [9.17, 15) is 13.2 Å². The van der Waals surface area contributed by atoms with E-state index in [4.69, 9.17) is 9.47 Å². The van der Waals surface area contributed by atoms with Gasteiger partial charge in [-0.05, 0) is 54.8 Å². The Hall–Kier alpha value is -2.10. The van der Waals surface area contributed by atoms with Crippen LogP contribution < -0.4 is 9.47 Å². The summed E-state index contributed by atoms with van der Waals surface area (Å²) in [4.78, 5) is 17.0. The maximum absolute atomic E-state index is 13.4. The molecule has 7 nitrogen and oxygen atoms in total. The van der Waals surface area contributed by atoms with Crippen LogP contribution in [0.15, 0.2) is 34.5 Å². The molecule has 32 heavy (non-hydrogen) atoms. The van der Waals surface area contributed by atoms with Gasteiger partial charge in [-0.2, -0.15) is 4.31 Å². The lowest BCUT2D eigenvalue weighted by molar-refractivity contribution is -0.139. The van der Waals surface area contributed by atoms with E-state index in [1.54, 1.807) is 17.4 Å². The first-order valence-electron chi connectivity index (χ1n) is 11.0. The summed E-state index contributed by atoms with van der Waals surface area (Å²) in [5, 5.41) is 2.11. The summed E-state index contributed by atoms with van der Waals surface area (Å²) in [5.41, 5.74) is 1.28. The van der Waals surface area contributed by atoms with Gasteiger partial charge >= 0.3 is 0 Å². The SMILES string of the molecule is CCC1c2ccsc2CCN1C(=O)C1CCN(S(=O)(=O)c2ccc(OC)c(OC)c2)CC1. The van der Waals surface area contributed by atoms with Gasteiger partial charge in [0.25, 0.3) is 0 Å². The van der Waals surface area contributed by atoms with Crippen molar-refractivity contribution in [2.45, 2.75) is 43.5 Å². The average Bonchev–Trinajstić information content (AvgIpc) is 3.31. The predicted octanol–water partition coefficient (Wildman–Crippen LogP) is 3.70. The van der Waals surface area contributed by atoms with E-state index >= 15 is 0 Å². The Bertz CT molecular complexity index is 1070. The normalized spacial score (nSPS) is 20.1. The number of rotatable bonds is 6. The number of nitrogens with zero attached hydrogens (tertiary/aromatic N) is 2. The second-order valence-corrected chi connectivity index (χ2v) is 11.1. The first kappa shape index (κ1) is 23.1. The molecule has 1 saturated heterocycles. The van der Waals surface area contributed by atoms with Gasteiger partial charge in [0, 0.05) is 36.5 Å². The fourth-order valence-electron chi connectivity index (χ4n) is 4.80. The molecule has 2 aliphatic rings. The summed E-state index contributed by atoms with van der Waals surface area (Å²) in [6, 6.07) is 6.90. The number of fused-ring (bicyclic) bond motifs is 1. The van der Waals surface area contributed by atoms with Crippen molar-refractivity contribution in [2.24, 2.45) is 5.92 Å². The van der Waals surface area contributed by atoms with Crippen molar-refractivity contribution in [1.29, 1.82) is 0 Å². The molecule has 0 radical (unpaired) electrons. The fraction of sp³-hybridized carbons (Fsp3) is 0.522. The minimum absolute atomic E-state index is 0.131. The second-order valence-electron chi connectivity index (χ2n) is 8.20. The molecule has 4 rings (SSSR count). The van der Waals surface area contributed by atoms with Crippen molar-refractivity contribution in [1.82, 2.24) is 9.21 Å². The molecule has 0 N–H and O–H groups in total. The highest BCUT2D eigenvalue weighted by atomic mass is 32.2. The second kappa shape index (κ2) is 9.41. The number of amides is 1. The zero-order valence-electron chi connectivity index (χ0n) is 18.7. The Labute approximate surface area is 194 Å². The number of sulfonamides is 1. The fourth-order valence-corrected chi connectivity index (χ4v) is 7.22. The molecule has 1 amide bonds. The Kier molecular flexibility index (Phi) is 6.78. The Morgan fingerprint density at radius 3 is 2.47 bits per heavy atom. The van der Waals surface area contributed by atoms with Crippen LogP contribution in [0.3, 0.4) is 0 Å². The van der Waals surface area contributed by atoms with Gasteiger partial charge in [0.05, 0.1) is 25.2 Å². The van der Waals surface area contributed by atoms with E-state index in [1.807, 2.05) is 4.90 Å². The van der Waals surface area contributed by atoms with Crippen molar-refractivity contribution in [3.05, 3.63) is 40.1 Å². The molecule has 1 aromatic heterocycles. The van der Waals surface area contributed by atoms with E-state index in [1.165, 1.54) is 41.1 Å². The molecule has 1 unspecified atom stereocenters. The van der Waals surface area contributed by atoms with Gasteiger partial charge in [-0.15, -0.1) is 11.3 Å². The zero-order chi connectivity index (χ0) is 22.9. The van der Waals surface area contributed by atoms with Gasteiger partial charge in [-0.1, -0.05) is 6.92 Å². The number of methoxy groups -OCH3 is 2. The van der Waals surface area contributed by atoms with E-state index in [2.05, 4.69) is 18.4 Å². The number of benzene rings is 1. The molecule has 0 saturated carbocycles. The van der Waals surface area contributed by atoms with Crippen molar-refractivity contribution in [3.63, 3.8) is 0 Å². The first-order chi connectivity index (χ1) is 15.4. The Morgan fingerprint density at radius 2 is 1.81 bits per heavy atom. The van der Waals surface area contributed by atoms with Crippen molar-refractivity contribution >= 4 is 27.3 Å². The third kappa shape index (κ3) is 4.13. The number of piperidine rings is 1. The molecule has 0 bridgehead atoms. The van der Waals surface area contributed by atoms with Crippen LogP contribution in [0.2, 0.25) is 0 Å². The van der Waals surface area contributed by atoms with Crippen molar-refractivity contribution in [2.75, 3.05) is 33.9 Å². The smallest absolute Gasteiger partial charge is 0.243 e. The highest BCUT2D eigenvalue weighted by Gasteiger charge is 2.37. The molecular weight excluding hydrogens is 448 g/mol. The van der Waals surface area contributed by atoms with E-state index in [-0.39, 0.29) is 22.8 Å². The van der Waals surface area contributed by atoms with Gasteiger partial charge in [-0.25, -0.2) is 8.42 Å². The quantitative estimate of drug-likeness (QED) is 0.633. The lowest BCUT2D eigenvalue weighted by Gasteiger charge is -2.39. The summed E-state index contributed by atoms with van der Waals surface area (Å²) in [5.74, 6) is 0.886. The molecule has 9 heteroatoms. The lowest BCUT2D eigenvalue weighted by atomic mass is 9.92. The molecular formula is C23H30N2O5S2. The molecule has 174 valence electrons. The highest BCUT2D eigenvalue weighted by molar-refractivity contribution is 7.89. The summed E-state index contributed by atoms with van der Waals surface area (Å²) >= 11 is 1.77. The molecule has 1 aromatic carbocycles. The van der Waals surface area contributed by atoms with Crippen LogP contribution in [0, 0.1) is 5.92 Å². The predicted molar refractivity (Wildman–Crippen MR) is 124 cm³/mol. The van der Waals surface area contributed by atoms with E-state index < -0.39 is 10.0 Å². The number of hydrogen-bond donors (Lipinski definition) is 0. The van der Waals surface area contributed by atoms with Gasteiger partial charge in [0.15, 0.2) is 11.5 Å². The van der Waals surface area contributed by atoms with Crippen LogP contribution in [-0.4, -0.2) is 57.4 Å². The van der Waals surface area contributed by atoms with Crippen LogP contribution in [-0.2, 0) is 21.2 Å². The minimum Gasteiger partial charge on any atom is -0.493 e. The number of ether oxygens (including phenoxy) is 2. The number of carbonyl (C=O) groups excluding carboxylic acids is 1. The van der Waals surface area contributed by atoms with E-state index in [0.29, 0.717) is 37.4 Å². The van der Waals surface area contributed by atoms with Gasteiger partial charge in [0.1, 0.15) is 0 Å². The summed E-state index contributed by atoms with van der Waals surface area (Å²) in [6.07, 6.45) is 2.87. The Balaban J connectivity index is 1.44. The lowest BCUT2D eigenvalue weighted by Crippen LogP contribution is -2.47. The summed E-state index contributed by atoms with van der Waals surface area (Å²) in [7, 11) is -0.674. The molecule has 0 spiro atoms. The van der Waals surface area contributed by atoms with Crippen LogP contribution in [0.1, 0.15) is 42.7 Å². The standard InChI is InChI=1S/C23H30N2O5S2/c1-4-19-18-10-14-31-22(18)9-13-25(19)23(26)16-7-11-24(12-8-16)32(27,28)17-5-6-20(29-2)21(15-17)30-3/h5-6,10,14-16,19H,4,7-9,11-13H2,1-3H3. The maximum atomic E-state index is 13.4. The molecule has 0 aliphatic carbocycles. The van der Waals surface area contributed by atoms with Crippen LogP contribution in [0.25, 0.3) is 0 Å².